The van der Waals surface area contributed by atoms with E-state index >= 15 is 0 Å². The number of hydrogen-bond acceptors (Lipinski definition) is 5. The molecule has 2 rings (SSSR count). The van der Waals surface area contributed by atoms with Crippen LogP contribution < -0.4 is 5.73 Å². The van der Waals surface area contributed by atoms with Gasteiger partial charge in [0.2, 0.25) is 0 Å². The Morgan fingerprint density at radius 3 is 2.50 bits per heavy atom. The van der Waals surface area contributed by atoms with E-state index in [-0.39, 0.29) is 29.9 Å². The van der Waals surface area contributed by atoms with Crippen LogP contribution in [0.15, 0.2) is 0 Å². The first-order valence-electron chi connectivity index (χ1n) is 9.55. The molecule has 1 aliphatic carbocycles. The summed E-state index contributed by atoms with van der Waals surface area (Å²) in [6, 6.07) is -0.570. The summed E-state index contributed by atoms with van der Waals surface area (Å²) in [6.45, 7) is 5.49. The highest BCUT2D eigenvalue weighted by molar-refractivity contribution is 5.75. The molecule has 2 N–H and O–H groups in total. The van der Waals surface area contributed by atoms with E-state index in [0.717, 1.165) is 19.3 Å². The molecule has 0 spiro atoms. The minimum absolute atomic E-state index is 0.185. The van der Waals surface area contributed by atoms with Crippen molar-refractivity contribution in [2.75, 3.05) is 0 Å². The summed E-state index contributed by atoms with van der Waals surface area (Å²) >= 11 is 0. The smallest absolute Gasteiger partial charge is 0.323 e. The maximum absolute atomic E-state index is 12.2. The Morgan fingerprint density at radius 1 is 1.21 bits per heavy atom. The van der Waals surface area contributed by atoms with Gasteiger partial charge in [-0.3, -0.25) is 9.59 Å². The number of rotatable bonds is 4. The van der Waals surface area contributed by atoms with Crippen molar-refractivity contribution in [2.45, 2.75) is 90.4 Å². The normalized spacial score (nSPS) is 32.8. The molecule has 0 bridgehead atoms. The first-order chi connectivity index (χ1) is 11.4. The van der Waals surface area contributed by atoms with Gasteiger partial charge in [-0.2, -0.15) is 0 Å². The second kappa shape index (κ2) is 8.84. The third-order valence-corrected chi connectivity index (χ3v) is 5.46. The molecule has 0 unspecified atom stereocenters. The molecule has 2 aliphatic rings. The molecule has 0 aromatic rings. The molecule has 5 heteroatoms. The monoisotopic (exact) mass is 339 g/mol. The highest BCUT2D eigenvalue weighted by atomic mass is 16.6. The Morgan fingerprint density at radius 2 is 1.88 bits per heavy atom. The Balaban J connectivity index is 2.15. The van der Waals surface area contributed by atoms with Crippen molar-refractivity contribution in [3.63, 3.8) is 0 Å². The molecule has 1 saturated heterocycles. The minimum Gasteiger partial charge on any atom is -0.458 e. The molecule has 1 heterocycles. The molecule has 0 amide bonds. The largest absolute Gasteiger partial charge is 0.458 e. The molecule has 4 atom stereocenters. The molecule has 2 fully saturated rings. The van der Waals surface area contributed by atoms with Crippen LogP contribution in [0.4, 0.5) is 0 Å². The first-order valence-corrected chi connectivity index (χ1v) is 9.55. The average Bonchev–Trinajstić information content (AvgIpc) is 3.03. The maximum Gasteiger partial charge on any atom is 0.323 e. The summed E-state index contributed by atoms with van der Waals surface area (Å²) in [7, 11) is 0. The van der Waals surface area contributed by atoms with Gasteiger partial charge < -0.3 is 15.2 Å². The molecular weight excluding hydrogens is 306 g/mol. The fraction of sp³-hybridized carbons (Fsp3) is 0.895. The third kappa shape index (κ3) is 5.20. The van der Waals surface area contributed by atoms with Crippen molar-refractivity contribution in [1.82, 2.24) is 0 Å². The van der Waals surface area contributed by atoms with Crippen molar-refractivity contribution < 1.29 is 19.1 Å². The van der Waals surface area contributed by atoms with E-state index in [4.69, 9.17) is 15.2 Å². The molecule has 0 radical (unpaired) electrons. The standard InChI is InChI=1S/C19H33NO4/c1-12(2)18(21)24-17-13(3)23-19(22)16(20)10-6-9-15(17)11-14-7-4-5-8-14/h12-17H,4-11,20H2,1-3H3/t13-,15+,16-,17-/m0/s1. The molecule has 1 saturated carbocycles. The summed E-state index contributed by atoms with van der Waals surface area (Å²) in [6.07, 6.45) is 7.78. The van der Waals surface area contributed by atoms with Crippen LogP contribution in [-0.4, -0.2) is 30.2 Å². The van der Waals surface area contributed by atoms with E-state index in [1.807, 2.05) is 20.8 Å². The van der Waals surface area contributed by atoms with Gasteiger partial charge in [-0.05, 0) is 38.0 Å². The predicted octanol–water partition coefficient (Wildman–Crippen LogP) is 3.19. The van der Waals surface area contributed by atoms with Gasteiger partial charge in [0.05, 0.1) is 5.92 Å². The fourth-order valence-corrected chi connectivity index (χ4v) is 3.99. The summed E-state index contributed by atoms with van der Waals surface area (Å²) in [4.78, 5) is 24.2. The van der Waals surface area contributed by atoms with Crippen LogP contribution in [-0.2, 0) is 19.1 Å². The predicted molar refractivity (Wildman–Crippen MR) is 92.2 cm³/mol. The van der Waals surface area contributed by atoms with Gasteiger partial charge >= 0.3 is 11.9 Å². The topological polar surface area (TPSA) is 78.6 Å². The molecule has 0 aromatic carbocycles. The summed E-state index contributed by atoms with van der Waals surface area (Å²) in [5, 5.41) is 0. The van der Waals surface area contributed by atoms with Gasteiger partial charge in [0.15, 0.2) is 0 Å². The van der Waals surface area contributed by atoms with Crippen molar-refractivity contribution in [2.24, 2.45) is 23.5 Å². The van der Waals surface area contributed by atoms with E-state index in [9.17, 15) is 9.59 Å². The second-order valence-electron chi connectivity index (χ2n) is 7.88. The van der Waals surface area contributed by atoms with E-state index < -0.39 is 12.1 Å². The lowest BCUT2D eigenvalue weighted by Crippen LogP contribution is -2.42. The molecular formula is C19H33NO4. The third-order valence-electron chi connectivity index (χ3n) is 5.46. The lowest BCUT2D eigenvalue weighted by Gasteiger charge is -2.32. The zero-order chi connectivity index (χ0) is 17.7. The summed E-state index contributed by atoms with van der Waals surface area (Å²) < 4.78 is 11.3. The molecule has 1 aliphatic heterocycles. The van der Waals surface area contributed by atoms with Crippen molar-refractivity contribution in [1.29, 1.82) is 0 Å². The van der Waals surface area contributed by atoms with E-state index in [1.54, 1.807) is 0 Å². The van der Waals surface area contributed by atoms with Gasteiger partial charge in [0.25, 0.3) is 0 Å². The lowest BCUT2D eigenvalue weighted by molar-refractivity contribution is -0.174. The maximum atomic E-state index is 12.2. The van der Waals surface area contributed by atoms with Gasteiger partial charge in [0.1, 0.15) is 18.2 Å². The second-order valence-corrected chi connectivity index (χ2v) is 7.88. The number of carbonyl (C=O) groups excluding carboxylic acids is 2. The van der Waals surface area contributed by atoms with Gasteiger partial charge in [-0.15, -0.1) is 0 Å². The number of esters is 2. The lowest BCUT2D eigenvalue weighted by atomic mass is 9.83. The van der Waals surface area contributed by atoms with Crippen LogP contribution in [0.25, 0.3) is 0 Å². The summed E-state index contributed by atoms with van der Waals surface area (Å²) in [5.74, 6) is 0.156. The van der Waals surface area contributed by atoms with Crippen LogP contribution in [0.1, 0.15) is 72.1 Å². The van der Waals surface area contributed by atoms with E-state index in [0.29, 0.717) is 12.3 Å². The highest BCUT2D eigenvalue weighted by Crippen LogP contribution is 2.36. The zero-order valence-corrected chi connectivity index (χ0v) is 15.3. The van der Waals surface area contributed by atoms with Crippen LogP contribution in [0, 0.1) is 17.8 Å². The number of carbonyl (C=O) groups is 2. The number of ether oxygens (including phenoxy) is 2. The number of hydrogen-bond donors (Lipinski definition) is 1. The number of cyclic esters (lactones) is 1. The SMILES string of the molecule is CC(C)C(=O)O[C@@H]1[C@@H](CC2CCCC2)CCC[C@H](N)C(=O)O[C@H]1C. The first kappa shape index (κ1) is 19.2. The van der Waals surface area contributed by atoms with Crippen LogP contribution in [0.3, 0.4) is 0 Å². The van der Waals surface area contributed by atoms with Crippen LogP contribution in [0.2, 0.25) is 0 Å². The molecule has 24 heavy (non-hydrogen) atoms. The number of nitrogens with two attached hydrogens (primary N) is 1. The molecule has 0 aromatic heterocycles. The van der Waals surface area contributed by atoms with Crippen molar-refractivity contribution in [3.8, 4) is 0 Å². The minimum atomic E-state index is -0.570. The molecule has 138 valence electrons. The van der Waals surface area contributed by atoms with Crippen LogP contribution >= 0.6 is 0 Å². The van der Waals surface area contributed by atoms with Gasteiger partial charge in [-0.1, -0.05) is 46.0 Å². The van der Waals surface area contributed by atoms with E-state index in [1.165, 1.54) is 25.7 Å². The Labute approximate surface area is 145 Å². The van der Waals surface area contributed by atoms with Gasteiger partial charge in [0, 0.05) is 0 Å². The van der Waals surface area contributed by atoms with Crippen LogP contribution in [0.5, 0.6) is 0 Å². The zero-order valence-electron chi connectivity index (χ0n) is 15.3. The van der Waals surface area contributed by atoms with Crippen molar-refractivity contribution >= 4 is 11.9 Å². The fourth-order valence-electron chi connectivity index (χ4n) is 3.99. The van der Waals surface area contributed by atoms with Gasteiger partial charge in [-0.25, -0.2) is 0 Å². The Bertz CT molecular complexity index is 431. The average molecular weight is 339 g/mol. The van der Waals surface area contributed by atoms with E-state index in [2.05, 4.69) is 0 Å². The Kier molecular flexibility index (Phi) is 7.08. The van der Waals surface area contributed by atoms with Crippen molar-refractivity contribution in [3.05, 3.63) is 0 Å². The quantitative estimate of drug-likeness (QED) is 0.796. The summed E-state index contributed by atoms with van der Waals surface area (Å²) in [5.41, 5.74) is 5.90. The Hall–Kier alpha value is -1.10. The highest BCUT2D eigenvalue weighted by Gasteiger charge is 2.37. The molecule has 5 nitrogen and oxygen atoms in total.